The van der Waals surface area contributed by atoms with Crippen molar-refractivity contribution in [3.63, 3.8) is 0 Å². The predicted octanol–water partition coefficient (Wildman–Crippen LogP) is 2.23. The number of carbonyl (C=O) groups excluding carboxylic acids is 2. The van der Waals surface area contributed by atoms with Gasteiger partial charge in [-0.1, -0.05) is 42.5 Å². The lowest BCUT2D eigenvalue weighted by atomic mass is 10.1. The van der Waals surface area contributed by atoms with Gasteiger partial charge in [0.1, 0.15) is 0 Å². The van der Waals surface area contributed by atoms with Crippen molar-refractivity contribution >= 4 is 11.8 Å². The molecule has 132 valence electrons. The van der Waals surface area contributed by atoms with Crippen LogP contribution >= 0.6 is 0 Å². The first kappa shape index (κ1) is 17.4. The van der Waals surface area contributed by atoms with Gasteiger partial charge in [0.25, 0.3) is 5.91 Å². The molecule has 2 N–H and O–H groups in total. The van der Waals surface area contributed by atoms with Crippen molar-refractivity contribution in [2.75, 3.05) is 7.05 Å². The van der Waals surface area contributed by atoms with Gasteiger partial charge in [-0.2, -0.15) is 5.10 Å². The highest BCUT2D eigenvalue weighted by atomic mass is 16.2. The summed E-state index contributed by atoms with van der Waals surface area (Å²) >= 11 is 0. The van der Waals surface area contributed by atoms with Crippen molar-refractivity contribution in [3.05, 3.63) is 89.7 Å². The van der Waals surface area contributed by atoms with Crippen molar-refractivity contribution in [2.45, 2.75) is 12.6 Å². The van der Waals surface area contributed by atoms with Crippen LogP contribution in [0.1, 0.15) is 27.5 Å². The lowest BCUT2D eigenvalue weighted by molar-refractivity contribution is -0.133. The molecule has 0 fully saturated rings. The molecule has 0 spiro atoms. The maximum atomic E-state index is 13.1. The van der Waals surface area contributed by atoms with Crippen LogP contribution in [-0.2, 0) is 11.3 Å². The number of aromatic nitrogens is 2. The maximum absolute atomic E-state index is 13.1. The van der Waals surface area contributed by atoms with Gasteiger partial charge in [0.15, 0.2) is 6.04 Å². The second-order valence-electron chi connectivity index (χ2n) is 6.06. The molecule has 1 atom stereocenters. The Kier molecular flexibility index (Phi) is 5.12. The third-order valence-corrected chi connectivity index (χ3v) is 4.15. The summed E-state index contributed by atoms with van der Waals surface area (Å²) in [4.78, 5) is 26.1. The smallest absolute Gasteiger partial charge is 0.252 e. The molecule has 0 unspecified atom stereocenters. The van der Waals surface area contributed by atoms with E-state index in [2.05, 4.69) is 5.10 Å². The van der Waals surface area contributed by atoms with E-state index in [1.54, 1.807) is 53.3 Å². The lowest BCUT2D eigenvalue weighted by Gasteiger charge is -2.24. The fourth-order valence-electron chi connectivity index (χ4n) is 2.86. The minimum absolute atomic E-state index is 0.0932. The quantitative estimate of drug-likeness (QED) is 0.742. The predicted molar refractivity (Wildman–Crippen MR) is 98.2 cm³/mol. The molecule has 0 saturated carbocycles. The van der Waals surface area contributed by atoms with E-state index in [9.17, 15) is 9.59 Å². The fourth-order valence-corrected chi connectivity index (χ4v) is 2.86. The van der Waals surface area contributed by atoms with Crippen molar-refractivity contribution in [3.8, 4) is 0 Å². The van der Waals surface area contributed by atoms with Gasteiger partial charge in [-0.25, -0.2) is 0 Å². The van der Waals surface area contributed by atoms with Gasteiger partial charge in [0.2, 0.25) is 5.91 Å². The van der Waals surface area contributed by atoms with Crippen molar-refractivity contribution in [1.29, 1.82) is 0 Å². The summed E-state index contributed by atoms with van der Waals surface area (Å²) < 4.78 is 1.65. The zero-order valence-electron chi connectivity index (χ0n) is 14.4. The molecular weight excluding hydrogens is 328 g/mol. The molecule has 3 aromatic rings. The largest absolute Gasteiger partial charge is 0.366 e. The molecule has 0 radical (unpaired) electrons. The van der Waals surface area contributed by atoms with E-state index in [0.717, 1.165) is 11.1 Å². The monoisotopic (exact) mass is 348 g/mol. The SMILES string of the molecule is CN(Cc1cccc(C(N)=O)c1)C(=O)[C@@H](c1ccccc1)n1cccn1. The topological polar surface area (TPSA) is 81.2 Å². The molecule has 6 heteroatoms. The molecule has 2 amide bonds. The van der Waals surface area contributed by atoms with E-state index in [0.29, 0.717) is 12.1 Å². The van der Waals surface area contributed by atoms with Crippen LogP contribution in [0.25, 0.3) is 0 Å². The van der Waals surface area contributed by atoms with E-state index in [4.69, 9.17) is 5.73 Å². The minimum atomic E-state index is -0.546. The molecular formula is C20H20N4O2. The highest BCUT2D eigenvalue weighted by molar-refractivity contribution is 5.93. The molecule has 1 aromatic heterocycles. The summed E-state index contributed by atoms with van der Waals surface area (Å²) in [5.74, 6) is -0.580. The Hall–Kier alpha value is -3.41. The Morgan fingerprint density at radius 3 is 2.54 bits per heavy atom. The molecule has 0 bridgehead atoms. The van der Waals surface area contributed by atoms with Gasteiger partial charge < -0.3 is 10.6 Å². The zero-order valence-corrected chi connectivity index (χ0v) is 14.4. The second kappa shape index (κ2) is 7.65. The Bertz CT molecular complexity index is 891. The molecule has 0 aliphatic heterocycles. The number of carbonyl (C=O) groups is 2. The highest BCUT2D eigenvalue weighted by Gasteiger charge is 2.26. The van der Waals surface area contributed by atoms with Gasteiger partial charge in [-0.15, -0.1) is 0 Å². The number of rotatable bonds is 6. The van der Waals surface area contributed by atoms with E-state index < -0.39 is 11.9 Å². The minimum Gasteiger partial charge on any atom is -0.366 e. The van der Waals surface area contributed by atoms with Gasteiger partial charge in [0, 0.05) is 31.5 Å². The second-order valence-corrected chi connectivity index (χ2v) is 6.06. The number of amides is 2. The van der Waals surface area contributed by atoms with E-state index >= 15 is 0 Å². The molecule has 26 heavy (non-hydrogen) atoms. The summed E-state index contributed by atoms with van der Waals surface area (Å²) in [6.07, 6.45) is 3.43. The van der Waals surface area contributed by atoms with Crippen LogP contribution in [-0.4, -0.2) is 33.5 Å². The number of nitrogens with two attached hydrogens (primary N) is 1. The number of nitrogens with zero attached hydrogens (tertiary/aromatic N) is 3. The standard InChI is InChI=1S/C20H20N4O2/c1-23(14-15-7-5-10-17(13-15)19(21)25)20(26)18(24-12-6-11-22-24)16-8-3-2-4-9-16/h2-13,18H,14H2,1H3,(H2,21,25)/t18-/m1/s1. The van der Waals surface area contributed by atoms with Gasteiger partial charge in [-0.3, -0.25) is 14.3 Å². The van der Waals surface area contributed by atoms with Crippen LogP contribution in [0.4, 0.5) is 0 Å². The first-order valence-corrected chi connectivity index (χ1v) is 8.24. The third-order valence-electron chi connectivity index (χ3n) is 4.15. The lowest BCUT2D eigenvalue weighted by Crippen LogP contribution is -2.35. The van der Waals surface area contributed by atoms with Gasteiger partial charge in [0.05, 0.1) is 0 Å². The summed E-state index contributed by atoms with van der Waals surface area (Å²) in [6.45, 7) is 0.366. The maximum Gasteiger partial charge on any atom is 0.252 e. The van der Waals surface area contributed by atoms with Crippen LogP contribution in [0, 0.1) is 0 Å². The molecule has 0 aliphatic carbocycles. The Morgan fingerprint density at radius 1 is 1.12 bits per heavy atom. The molecule has 0 saturated heterocycles. The van der Waals surface area contributed by atoms with E-state index in [1.165, 1.54) is 0 Å². The number of hydrogen-bond acceptors (Lipinski definition) is 3. The summed E-state index contributed by atoms with van der Waals surface area (Å²) in [7, 11) is 1.73. The fraction of sp³-hybridized carbons (Fsp3) is 0.150. The Labute approximate surface area is 151 Å². The van der Waals surface area contributed by atoms with E-state index in [1.807, 2.05) is 36.4 Å². The normalized spacial score (nSPS) is 11.7. The average Bonchev–Trinajstić information content (AvgIpc) is 3.17. The summed E-state index contributed by atoms with van der Waals surface area (Å²) in [5, 5.41) is 4.25. The van der Waals surface area contributed by atoms with Crippen molar-refractivity contribution in [2.24, 2.45) is 5.73 Å². The Morgan fingerprint density at radius 2 is 1.88 bits per heavy atom. The van der Waals surface area contributed by atoms with Gasteiger partial charge >= 0.3 is 0 Å². The first-order chi connectivity index (χ1) is 12.6. The van der Waals surface area contributed by atoms with Crippen molar-refractivity contribution in [1.82, 2.24) is 14.7 Å². The molecule has 1 heterocycles. The molecule has 3 rings (SSSR count). The average molecular weight is 348 g/mol. The van der Waals surface area contributed by atoms with Crippen molar-refractivity contribution < 1.29 is 9.59 Å². The third kappa shape index (κ3) is 3.80. The first-order valence-electron chi connectivity index (χ1n) is 8.24. The highest BCUT2D eigenvalue weighted by Crippen LogP contribution is 2.21. The van der Waals surface area contributed by atoms with Crippen LogP contribution in [0.2, 0.25) is 0 Å². The summed E-state index contributed by atoms with van der Waals surface area (Å²) in [5.41, 5.74) is 7.45. The zero-order chi connectivity index (χ0) is 18.5. The number of hydrogen-bond donors (Lipinski definition) is 1. The molecule has 2 aromatic carbocycles. The van der Waals surface area contributed by atoms with Crippen LogP contribution in [0.3, 0.4) is 0 Å². The van der Waals surface area contributed by atoms with Crippen LogP contribution in [0.5, 0.6) is 0 Å². The molecule has 6 nitrogen and oxygen atoms in total. The molecule has 0 aliphatic rings. The Balaban J connectivity index is 1.85. The number of benzene rings is 2. The van der Waals surface area contributed by atoms with E-state index in [-0.39, 0.29) is 5.91 Å². The van der Waals surface area contributed by atoms with Gasteiger partial charge in [-0.05, 0) is 29.3 Å². The van der Waals surface area contributed by atoms with Crippen LogP contribution in [0.15, 0.2) is 73.1 Å². The number of likely N-dealkylation sites (N-methyl/N-ethyl adjacent to an activating group) is 1. The number of primary amides is 1. The van der Waals surface area contributed by atoms with Crippen LogP contribution < -0.4 is 5.73 Å². The summed E-state index contributed by atoms with van der Waals surface area (Å²) in [6, 6.07) is 17.8.